The molecule has 3 aliphatic heterocycles. The van der Waals surface area contributed by atoms with E-state index in [1.807, 2.05) is 24.3 Å². The second-order valence-corrected chi connectivity index (χ2v) is 8.51. The number of hydrogen-bond acceptors (Lipinski definition) is 6. The molecule has 32 heavy (non-hydrogen) atoms. The zero-order valence-corrected chi connectivity index (χ0v) is 16.9. The fourth-order valence-corrected chi connectivity index (χ4v) is 5.25. The molecule has 3 aromatic rings. The molecule has 2 unspecified atom stereocenters. The van der Waals surface area contributed by atoms with E-state index in [1.165, 1.54) is 4.68 Å². The molecule has 2 N–H and O–H groups in total. The topological polar surface area (TPSA) is 88.0 Å². The summed E-state index contributed by atoms with van der Waals surface area (Å²) in [5.74, 6) is -2.03. The number of nitrogens with zero attached hydrogens (tertiary/aromatic N) is 5. The maximum absolute atomic E-state index is 13.9. The third kappa shape index (κ3) is 2.87. The van der Waals surface area contributed by atoms with Crippen LogP contribution >= 0.6 is 0 Å². The fourth-order valence-electron chi connectivity index (χ4n) is 5.25. The third-order valence-electron chi connectivity index (χ3n) is 6.65. The van der Waals surface area contributed by atoms with Gasteiger partial charge in [-0.2, -0.15) is 13.2 Å². The van der Waals surface area contributed by atoms with Gasteiger partial charge in [-0.3, -0.25) is 4.79 Å². The lowest BCUT2D eigenvalue weighted by atomic mass is 9.92. The van der Waals surface area contributed by atoms with Crippen LogP contribution in [0.25, 0.3) is 16.7 Å². The number of piperazine rings is 1. The Hall–Kier alpha value is -3.21. The predicted octanol–water partition coefficient (Wildman–Crippen LogP) is 2.74. The van der Waals surface area contributed by atoms with Crippen molar-refractivity contribution in [3.8, 4) is 5.82 Å². The molecule has 2 saturated heterocycles. The Bertz CT molecular complexity index is 1210. The van der Waals surface area contributed by atoms with Crippen LogP contribution in [-0.2, 0) is 4.79 Å². The van der Waals surface area contributed by atoms with Crippen LogP contribution in [0.4, 0.5) is 24.8 Å². The second kappa shape index (κ2) is 6.89. The molecular weight excluding hydrogens is 423 g/mol. The van der Waals surface area contributed by atoms with Gasteiger partial charge < -0.3 is 15.5 Å². The number of hydrogen-bond donors (Lipinski definition) is 2. The van der Waals surface area contributed by atoms with Crippen molar-refractivity contribution in [2.45, 2.75) is 43.4 Å². The molecule has 1 aromatic carbocycles. The number of carbonyl (C=O) groups is 1. The monoisotopic (exact) mass is 443 g/mol. The minimum atomic E-state index is -4.62. The highest BCUT2D eigenvalue weighted by molar-refractivity contribution is 5.95. The standard InChI is InChI=1S/C21H20F3N7O/c22-21(23,24)14-7-16(32)28-18-17(14)20(27-10-26-18)31-15-4-2-1-3-13(15)19(29-31)30-11-5-6-12(30)9-25-8-11/h1-4,10-12,14,25H,5-9H2,(H,26,27,28,32)/t11?,12?,14-/m1/s1. The van der Waals surface area contributed by atoms with E-state index < -0.39 is 24.4 Å². The Kier molecular flexibility index (Phi) is 4.19. The summed E-state index contributed by atoms with van der Waals surface area (Å²) in [5, 5.41) is 11.6. The third-order valence-corrected chi connectivity index (χ3v) is 6.65. The minimum absolute atomic E-state index is 0.0438. The van der Waals surface area contributed by atoms with Gasteiger partial charge in [-0.1, -0.05) is 12.1 Å². The molecule has 1 amide bonds. The van der Waals surface area contributed by atoms with Gasteiger partial charge in [0.2, 0.25) is 5.91 Å². The average molecular weight is 443 g/mol. The van der Waals surface area contributed by atoms with Gasteiger partial charge in [-0.15, -0.1) is 5.10 Å². The van der Waals surface area contributed by atoms with Gasteiger partial charge in [-0.05, 0) is 25.0 Å². The van der Waals surface area contributed by atoms with Crippen LogP contribution in [0.2, 0.25) is 0 Å². The first-order chi connectivity index (χ1) is 15.4. The summed E-state index contributed by atoms with van der Waals surface area (Å²) in [6.45, 7) is 1.70. The molecular formula is C21H20F3N7O. The molecule has 166 valence electrons. The van der Waals surface area contributed by atoms with Gasteiger partial charge in [0.15, 0.2) is 11.6 Å². The van der Waals surface area contributed by atoms with Crippen molar-refractivity contribution in [3.05, 3.63) is 36.2 Å². The summed E-state index contributed by atoms with van der Waals surface area (Å²) in [6.07, 6.45) is -2.06. The summed E-state index contributed by atoms with van der Waals surface area (Å²) in [7, 11) is 0. The summed E-state index contributed by atoms with van der Waals surface area (Å²) in [5.41, 5.74) is 0.516. The Morgan fingerprint density at radius 2 is 1.78 bits per heavy atom. The lowest BCUT2D eigenvalue weighted by Gasteiger charge is -2.35. The average Bonchev–Trinajstić information content (AvgIpc) is 3.25. The number of benzene rings is 1. The van der Waals surface area contributed by atoms with Crippen LogP contribution in [0.1, 0.15) is 30.7 Å². The van der Waals surface area contributed by atoms with Gasteiger partial charge in [0.1, 0.15) is 12.1 Å². The number of halogens is 3. The number of amides is 1. The number of alkyl halides is 3. The van der Waals surface area contributed by atoms with Crippen LogP contribution < -0.4 is 15.5 Å². The fraction of sp³-hybridized carbons (Fsp3) is 0.429. The Morgan fingerprint density at radius 1 is 1.03 bits per heavy atom. The first-order valence-corrected chi connectivity index (χ1v) is 10.6. The van der Waals surface area contributed by atoms with Crippen molar-refractivity contribution in [1.29, 1.82) is 0 Å². The van der Waals surface area contributed by atoms with E-state index in [0.29, 0.717) is 17.6 Å². The number of rotatable bonds is 2. The van der Waals surface area contributed by atoms with E-state index in [2.05, 4.69) is 25.5 Å². The second-order valence-electron chi connectivity index (χ2n) is 8.51. The molecule has 0 radical (unpaired) electrons. The number of anilines is 2. The maximum atomic E-state index is 13.9. The van der Waals surface area contributed by atoms with Gasteiger partial charge >= 0.3 is 6.18 Å². The Labute approximate surface area is 180 Å². The molecule has 2 aromatic heterocycles. The molecule has 11 heteroatoms. The molecule has 3 atom stereocenters. The summed E-state index contributed by atoms with van der Waals surface area (Å²) in [6, 6.07) is 8.08. The van der Waals surface area contributed by atoms with E-state index in [0.717, 1.165) is 43.5 Å². The molecule has 0 aliphatic carbocycles. The van der Waals surface area contributed by atoms with Crippen molar-refractivity contribution >= 4 is 28.4 Å². The van der Waals surface area contributed by atoms with Crippen LogP contribution in [0.3, 0.4) is 0 Å². The SMILES string of the molecule is O=C1C[C@@H](C(F)(F)F)c2c(ncnc2-n2nc(N3C4CCC3CNC4)c3ccccc32)N1. The van der Waals surface area contributed by atoms with Crippen LogP contribution in [0, 0.1) is 0 Å². The highest BCUT2D eigenvalue weighted by Crippen LogP contribution is 2.45. The number of carbonyl (C=O) groups excluding carboxylic acids is 1. The Balaban J connectivity index is 1.57. The van der Waals surface area contributed by atoms with Gasteiger partial charge in [0.05, 0.1) is 17.0 Å². The van der Waals surface area contributed by atoms with Crippen molar-refractivity contribution in [1.82, 2.24) is 25.1 Å². The zero-order chi connectivity index (χ0) is 22.0. The molecule has 5 heterocycles. The van der Waals surface area contributed by atoms with Gasteiger partial charge in [0, 0.05) is 37.0 Å². The molecule has 2 bridgehead atoms. The largest absolute Gasteiger partial charge is 0.396 e. The zero-order valence-electron chi connectivity index (χ0n) is 16.9. The quantitative estimate of drug-likeness (QED) is 0.633. The smallest absolute Gasteiger partial charge is 0.346 e. The van der Waals surface area contributed by atoms with E-state index in [-0.39, 0.29) is 17.2 Å². The number of aromatic nitrogens is 4. The first-order valence-electron chi connectivity index (χ1n) is 10.6. The van der Waals surface area contributed by atoms with E-state index >= 15 is 0 Å². The molecule has 6 rings (SSSR count). The van der Waals surface area contributed by atoms with Crippen LogP contribution in [-0.4, -0.2) is 57.0 Å². The summed E-state index contributed by atoms with van der Waals surface area (Å²) < 4.78 is 43.3. The molecule has 2 fully saturated rings. The van der Waals surface area contributed by atoms with Crippen molar-refractivity contribution in [3.63, 3.8) is 0 Å². The highest BCUT2D eigenvalue weighted by Gasteiger charge is 2.48. The van der Waals surface area contributed by atoms with Gasteiger partial charge in [-0.25, -0.2) is 14.6 Å². The van der Waals surface area contributed by atoms with Crippen molar-refractivity contribution < 1.29 is 18.0 Å². The van der Waals surface area contributed by atoms with Gasteiger partial charge in [0.25, 0.3) is 0 Å². The van der Waals surface area contributed by atoms with Crippen LogP contribution in [0.15, 0.2) is 30.6 Å². The Morgan fingerprint density at radius 3 is 2.53 bits per heavy atom. The minimum Gasteiger partial charge on any atom is -0.346 e. The number of fused-ring (bicyclic) bond motifs is 4. The summed E-state index contributed by atoms with van der Waals surface area (Å²) >= 11 is 0. The van der Waals surface area contributed by atoms with Crippen molar-refractivity contribution in [2.24, 2.45) is 0 Å². The van der Waals surface area contributed by atoms with E-state index in [4.69, 9.17) is 5.10 Å². The van der Waals surface area contributed by atoms with E-state index in [1.54, 1.807) is 0 Å². The number of nitrogens with one attached hydrogen (secondary N) is 2. The molecule has 0 saturated carbocycles. The molecule has 8 nitrogen and oxygen atoms in total. The number of para-hydroxylation sites is 1. The summed E-state index contributed by atoms with van der Waals surface area (Å²) in [4.78, 5) is 22.4. The predicted molar refractivity (Wildman–Crippen MR) is 111 cm³/mol. The molecule has 0 spiro atoms. The molecule has 3 aliphatic rings. The first kappa shape index (κ1) is 19.5. The highest BCUT2D eigenvalue weighted by atomic mass is 19.4. The van der Waals surface area contributed by atoms with Crippen molar-refractivity contribution in [2.75, 3.05) is 23.3 Å². The maximum Gasteiger partial charge on any atom is 0.396 e. The lowest BCUT2D eigenvalue weighted by molar-refractivity contribution is -0.156. The van der Waals surface area contributed by atoms with Crippen LogP contribution in [0.5, 0.6) is 0 Å². The van der Waals surface area contributed by atoms with E-state index in [9.17, 15) is 18.0 Å². The normalized spacial score (nSPS) is 25.2. The lowest BCUT2D eigenvalue weighted by Crippen LogP contribution is -2.52.